The van der Waals surface area contributed by atoms with Gasteiger partial charge >= 0.3 is 0 Å². The molecule has 1 atom stereocenters. The van der Waals surface area contributed by atoms with Gasteiger partial charge in [-0.25, -0.2) is 0 Å². The molecule has 21 heavy (non-hydrogen) atoms. The minimum absolute atomic E-state index is 0.00701. The quantitative estimate of drug-likeness (QED) is 0.903. The zero-order chi connectivity index (χ0) is 14.8. The van der Waals surface area contributed by atoms with Gasteiger partial charge in [0, 0.05) is 25.2 Å². The highest BCUT2D eigenvalue weighted by Crippen LogP contribution is 2.34. The molecule has 0 saturated heterocycles. The third-order valence-corrected chi connectivity index (χ3v) is 4.16. The van der Waals surface area contributed by atoms with Crippen molar-refractivity contribution in [2.75, 3.05) is 18.9 Å². The van der Waals surface area contributed by atoms with Crippen molar-refractivity contribution in [3.63, 3.8) is 0 Å². The van der Waals surface area contributed by atoms with Gasteiger partial charge < -0.3 is 10.6 Å². The maximum Gasteiger partial charge on any atom is 0.253 e. The number of rotatable bonds is 4. The normalized spacial score (nSPS) is 15.8. The predicted molar refractivity (Wildman–Crippen MR) is 85.9 cm³/mol. The van der Waals surface area contributed by atoms with Crippen LogP contribution in [0.1, 0.15) is 33.0 Å². The smallest absolute Gasteiger partial charge is 0.253 e. The summed E-state index contributed by atoms with van der Waals surface area (Å²) in [5.41, 5.74) is 5.45. The van der Waals surface area contributed by atoms with Crippen LogP contribution >= 0.6 is 0 Å². The maximum atomic E-state index is 12.4. The fourth-order valence-electron chi connectivity index (χ4n) is 2.92. The van der Waals surface area contributed by atoms with Crippen LogP contribution in [-0.2, 0) is 6.42 Å². The molecule has 0 radical (unpaired) electrons. The van der Waals surface area contributed by atoms with Gasteiger partial charge in [-0.05, 0) is 36.6 Å². The van der Waals surface area contributed by atoms with Crippen molar-refractivity contribution in [2.45, 2.75) is 19.3 Å². The number of amides is 1. The summed E-state index contributed by atoms with van der Waals surface area (Å²) in [5, 5.41) is 6.14. The summed E-state index contributed by atoms with van der Waals surface area (Å²) in [4.78, 5) is 12.4. The van der Waals surface area contributed by atoms with Crippen LogP contribution in [0, 0.1) is 6.92 Å². The Morgan fingerprint density at radius 2 is 2.05 bits per heavy atom. The van der Waals surface area contributed by atoms with Crippen LogP contribution in [0.3, 0.4) is 0 Å². The highest BCUT2D eigenvalue weighted by Gasteiger charge is 2.25. The van der Waals surface area contributed by atoms with Crippen molar-refractivity contribution in [3.05, 3.63) is 64.7 Å². The Labute approximate surface area is 125 Å². The summed E-state index contributed by atoms with van der Waals surface area (Å²) >= 11 is 0. The van der Waals surface area contributed by atoms with Gasteiger partial charge in [-0.2, -0.15) is 0 Å². The minimum atomic E-state index is -0.00701. The minimum Gasteiger partial charge on any atom is -0.387 e. The molecule has 3 heteroatoms. The van der Waals surface area contributed by atoms with Crippen LogP contribution in [-0.4, -0.2) is 19.5 Å². The topological polar surface area (TPSA) is 41.1 Å². The number of benzene rings is 2. The van der Waals surface area contributed by atoms with Crippen LogP contribution in [0.4, 0.5) is 5.69 Å². The average molecular weight is 280 g/mol. The van der Waals surface area contributed by atoms with Gasteiger partial charge in [-0.1, -0.05) is 35.9 Å². The third kappa shape index (κ3) is 2.64. The zero-order valence-corrected chi connectivity index (χ0v) is 12.4. The standard InChI is InChI=1S/C18H20N2O/c1-12-7-8-17(19-2)16(9-12)18(21)20-11-14-10-13-5-3-4-6-15(13)14/h3-9,14,19H,10-11H2,1-2H3,(H,20,21). The molecule has 1 amide bonds. The Hall–Kier alpha value is -2.29. The van der Waals surface area contributed by atoms with E-state index in [0.717, 1.165) is 17.7 Å². The number of nitrogens with one attached hydrogen (secondary N) is 2. The molecule has 2 aromatic carbocycles. The molecule has 0 aliphatic heterocycles. The average Bonchev–Trinajstić information content (AvgIpc) is 2.48. The van der Waals surface area contributed by atoms with Crippen LogP contribution in [0.2, 0.25) is 0 Å². The van der Waals surface area contributed by atoms with E-state index in [0.29, 0.717) is 18.0 Å². The first kappa shape index (κ1) is 13.7. The number of hydrogen-bond acceptors (Lipinski definition) is 2. The maximum absolute atomic E-state index is 12.4. The van der Waals surface area contributed by atoms with Crippen molar-refractivity contribution in [1.29, 1.82) is 0 Å². The molecule has 0 saturated carbocycles. The summed E-state index contributed by atoms with van der Waals surface area (Å²) in [6.45, 7) is 2.70. The Balaban J connectivity index is 1.67. The number of carbonyl (C=O) groups excluding carboxylic acids is 1. The fourth-order valence-corrected chi connectivity index (χ4v) is 2.92. The van der Waals surface area contributed by atoms with Crippen molar-refractivity contribution < 1.29 is 4.79 Å². The lowest BCUT2D eigenvalue weighted by atomic mass is 9.77. The lowest BCUT2D eigenvalue weighted by molar-refractivity contribution is 0.0951. The first-order valence-electron chi connectivity index (χ1n) is 7.33. The van der Waals surface area contributed by atoms with Crippen LogP contribution in [0.5, 0.6) is 0 Å². The Morgan fingerprint density at radius 3 is 2.81 bits per heavy atom. The van der Waals surface area contributed by atoms with Gasteiger partial charge in [0.25, 0.3) is 5.91 Å². The molecule has 0 aromatic heterocycles. The highest BCUT2D eigenvalue weighted by atomic mass is 16.1. The van der Waals surface area contributed by atoms with Crippen LogP contribution in [0.25, 0.3) is 0 Å². The number of aryl methyl sites for hydroxylation is 1. The zero-order valence-electron chi connectivity index (χ0n) is 12.4. The Kier molecular flexibility index (Phi) is 3.65. The third-order valence-electron chi connectivity index (χ3n) is 4.16. The predicted octanol–water partition coefficient (Wildman–Crippen LogP) is 3.11. The molecule has 108 valence electrons. The molecule has 0 heterocycles. The molecular weight excluding hydrogens is 260 g/mol. The van der Waals surface area contributed by atoms with E-state index in [2.05, 4.69) is 34.9 Å². The van der Waals surface area contributed by atoms with Crippen molar-refractivity contribution in [3.8, 4) is 0 Å². The molecule has 1 aliphatic rings. The molecular formula is C18H20N2O. The summed E-state index contributed by atoms with van der Waals surface area (Å²) in [6.07, 6.45) is 1.06. The second kappa shape index (κ2) is 5.60. The molecule has 1 unspecified atom stereocenters. The van der Waals surface area contributed by atoms with Gasteiger partial charge in [0.1, 0.15) is 0 Å². The van der Waals surface area contributed by atoms with E-state index in [4.69, 9.17) is 0 Å². The summed E-state index contributed by atoms with van der Waals surface area (Å²) < 4.78 is 0. The van der Waals surface area contributed by atoms with E-state index in [1.807, 2.05) is 32.2 Å². The van der Waals surface area contributed by atoms with Crippen molar-refractivity contribution in [2.24, 2.45) is 0 Å². The first-order valence-corrected chi connectivity index (χ1v) is 7.33. The van der Waals surface area contributed by atoms with E-state index in [1.54, 1.807) is 0 Å². The number of anilines is 1. The van der Waals surface area contributed by atoms with Gasteiger partial charge in [-0.3, -0.25) is 4.79 Å². The van der Waals surface area contributed by atoms with Crippen molar-refractivity contribution in [1.82, 2.24) is 5.32 Å². The highest BCUT2D eigenvalue weighted by molar-refractivity contribution is 5.99. The SMILES string of the molecule is CNc1ccc(C)cc1C(=O)NCC1Cc2ccccc21. The van der Waals surface area contributed by atoms with E-state index in [1.165, 1.54) is 11.1 Å². The van der Waals surface area contributed by atoms with Crippen LogP contribution in [0.15, 0.2) is 42.5 Å². The molecule has 3 rings (SSSR count). The van der Waals surface area contributed by atoms with E-state index >= 15 is 0 Å². The van der Waals surface area contributed by atoms with Gasteiger partial charge in [0.15, 0.2) is 0 Å². The van der Waals surface area contributed by atoms with Gasteiger partial charge in [0.05, 0.1) is 5.56 Å². The summed E-state index contributed by atoms with van der Waals surface area (Å²) in [6, 6.07) is 14.3. The second-order valence-corrected chi connectivity index (χ2v) is 5.61. The molecule has 2 aromatic rings. The second-order valence-electron chi connectivity index (χ2n) is 5.61. The van der Waals surface area contributed by atoms with Crippen LogP contribution < -0.4 is 10.6 Å². The number of hydrogen-bond donors (Lipinski definition) is 2. The Bertz CT molecular complexity index is 679. The number of fused-ring (bicyclic) bond motifs is 1. The largest absolute Gasteiger partial charge is 0.387 e. The molecule has 2 N–H and O–H groups in total. The van der Waals surface area contributed by atoms with E-state index < -0.39 is 0 Å². The van der Waals surface area contributed by atoms with Gasteiger partial charge in [-0.15, -0.1) is 0 Å². The molecule has 0 spiro atoms. The lowest BCUT2D eigenvalue weighted by Crippen LogP contribution is -2.33. The summed E-state index contributed by atoms with van der Waals surface area (Å²) in [7, 11) is 1.84. The molecule has 0 fully saturated rings. The van der Waals surface area contributed by atoms with Gasteiger partial charge in [0.2, 0.25) is 0 Å². The molecule has 1 aliphatic carbocycles. The van der Waals surface area contributed by atoms with Crippen molar-refractivity contribution >= 4 is 11.6 Å². The van der Waals surface area contributed by atoms with E-state index in [9.17, 15) is 4.79 Å². The molecule has 3 nitrogen and oxygen atoms in total. The van der Waals surface area contributed by atoms with E-state index in [-0.39, 0.29) is 5.91 Å². The Morgan fingerprint density at radius 1 is 1.24 bits per heavy atom. The summed E-state index contributed by atoms with van der Waals surface area (Å²) in [5.74, 6) is 0.445. The fraction of sp³-hybridized carbons (Fsp3) is 0.278. The monoisotopic (exact) mass is 280 g/mol. The first-order chi connectivity index (χ1) is 10.2. The lowest BCUT2D eigenvalue weighted by Gasteiger charge is -2.30. The number of carbonyl (C=O) groups is 1. The molecule has 0 bridgehead atoms.